The molecule has 28 heavy (non-hydrogen) atoms. The standard InChI is InChI=1S/C23H20N4O/c1-17-20(15-25-26-23(28)21-12-7-8-14-24-21)19-11-5-6-13-22(19)27(17)16-18-9-3-2-4-10-18/h2-15H,16H2,1H3,(H,26,28). The number of carbonyl (C=O) groups is 1. The van der Waals surface area contributed by atoms with Crippen molar-refractivity contribution in [3.8, 4) is 0 Å². The Balaban J connectivity index is 1.64. The molecule has 0 aliphatic heterocycles. The number of para-hydroxylation sites is 1. The predicted octanol–water partition coefficient (Wildman–Crippen LogP) is 4.16. The average Bonchev–Trinajstić information content (AvgIpc) is 3.01. The van der Waals surface area contributed by atoms with Gasteiger partial charge >= 0.3 is 0 Å². The molecule has 0 bridgehead atoms. The van der Waals surface area contributed by atoms with Crippen LogP contribution in [0.15, 0.2) is 84.1 Å². The summed E-state index contributed by atoms with van der Waals surface area (Å²) in [6.07, 6.45) is 3.29. The minimum absolute atomic E-state index is 0.331. The fourth-order valence-corrected chi connectivity index (χ4v) is 3.30. The second-order valence-corrected chi connectivity index (χ2v) is 6.50. The highest BCUT2D eigenvalue weighted by molar-refractivity contribution is 6.02. The van der Waals surface area contributed by atoms with Gasteiger partial charge in [-0.2, -0.15) is 5.10 Å². The summed E-state index contributed by atoms with van der Waals surface area (Å²) in [6.45, 7) is 2.85. The molecule has 2 heterocycles. The van der Waals surface area contributed by atoms with Gasteiger partial charge in [0.1, 0.15) is 5.69 Å². The number of nitrogens with one attached hydrogen (secondary N) is 1. The SMILES string of the molecule is Cc1c(C=NNC(=O)c2ccccn2)c2ccccc2n1Cc1ccccc1. The van der Waals surface area contributed by atoms with Crippen molar-refractivity contribution in [2.45, 2.75) is 13.5 Å². The molecule has 0 saturated heterocycles. The molecular weight excluding hydrogens is 348 g/mol. The lowest BCUT2D eigenvalue weighted by Crippen LogP contribution is -2.18. The van der Waals surface area contributed by atoms with Crippen LogP contribution >= 0.6 is 0 Å². The van der Waals surface area contributed by atoms with Crippen LogP contribution < -0.4 is 5.43 Å². The average molecular weight is 368 g/mol. The summed E-state index contributed by atoms with van der Waals surface area (Å²) < 4.78 is 2.27. The second kappa shape index (κ2) is 7.88. The minimum atomic E-state index is -0.331. The van der Waals surface area contributed by atoms with Crippen LogP contribution in [0, 0.1) is 6.92 Å². The fraction of sp³-hybridized carbons (Fsp3) is 0.0870. The van der Waals surface area contributed by atoms with Crippen molar-refractivity contribution in [1.29, 1.82) is 0 Å². The molecule has 1 N–H and O–H groups in total. The van der Waals surface area contributed by atoms with Gasteiger partial charge in [0.25, 0.3) is 5.91 Å². The normalized spacial score (nSPS) is 11.2. The van der Waals surface area contributed by atoms with Crippen molar-refractivity contribution in [1.82, 2.24) is 15.0 Å². The molecule has 138 valence electrons. The second-order valence-electron chi connectivity index (χ2n) is 6.50. The Hall–Kier alpha value is -3.73. The maximum atomic E-state index is 12.1. The predicted molar refractivity (Wildman–Crippen MR) is 112 cm³/mol. The highest BCUT2D eigenvalue weighted by atomic mass is 16.2. The van der Waals surface area contributed by atoms with Crippen LogP contribution in [0.5, 0.6) is 0 Å². The molecule has 2 aromatic heterocycles. The van der Waals surface area contributed by atoms with E-state index in [1.54, 1.807) is 30.6 Å². The van der Waals surface area contributed by atoms with E-state index in [1.165, 1.54) is 5.56 Å². The van der Waals surface area contributed by atoms with E-state index in [1.807, 2.05) is 30.3 Å². The Bertz CT molecular complexity index is 1130. The largest absolute Gasteiger partial charge is 0.340 e. The lowest BCUT2D eigenvalue weighted by Gasteiger charge is -2.08. The van der Waals surface area contributed by atoms with Crippen molar-refractivity contribution >= 4 is 23.0 Å². The van der Waals surface area contributed by atoms with Crippen LogP contribution in [0.1, 0.15) is 27.3 Å². The number of benzene rings is 2. The first kappa shape index (κ1) is 17.7. The van der Waals surface area contributed by atoms with Crippen molar-refractivity contribution < 1.29 is 4.79 Å². The Labute approximate surface area is 163 Å². The third kappa shape index (κ3) is 3.55. The van der Waals surface area contributed by atoms with E-state index >= 15 is 0 Å². The molecule has 5 nitrogen and oxygen atoms in total. The van der Waals surface area contributed by atoms with Crippen LogP contribution in [0.4, 0.5) is 0 Å². The minimum Gasteiger partial charge on any atom is -0.340 e. The third-order valence-electron chi connectivity index (χ3n) is 4.72. The molecule has 2 aromatic carbocycles. The zero-order valence-electron chi connectivity index (χ0n) is 15.5. The quantitative estimate of drug-likeness (QED) is 0.425. The first-order chi connectivity index (χ1) is 13.7. The number of nitrogens with zero attached hydrogens (tertiary/aromatic N) is 3. The van der Waals surface area contributed by atoms with Gasteiger partial charge in [0.2, 0.25) is 0 Å². The van der Waals surface area contributed by atoms with E-state index in [0.29, 0.717) is 5.69 Å². The van der Waals surface area contributed by atoms with Gasteiger partial charge in [-0.3, -0.25) is 9.78 Å². The van der Waals surface area contributed by atoms with Gasteiger partial charge in [0.05, 0.1) is 6.21 Å². The summed E-state index contributed by atoms with van der Waals surface area (Å²) in [6, 6.07) is 23.8. The summed E-state index contributed by atoms with van der Waals surface area (Å²) >= 11 is 0. The molecule has 0 radical (unpaired) electrons. The molecule has 4 aromatic rings. The summed E-state index contributed by atoms with van der Waals surface area (Å²) in [5.74, 6) is -0.331. The molecular formula is C23H20N4O. The van der Waals surface area contributed by atoms with Crippen molar-refractivity contribution in [3.63, 3.8) is 0 Å². The highest BCUT2D eigenvalue weighted by Crippen LogP contribution is 2.25. The molecule has 4 rings (SSSR count). The van der Waals surface area contributed by atoms with Gasteiger partial charge in [-0.1, -0.05) is 54.6 Å². The molecule has 0 unspecified atom stereocenters. The maximum Gasteiger partial charge on any atom is 0.289 e. The topological polar surface area (TPSA) is 59.3 Å². The number of carbonyl (C=O) groups excluding carboxylic acids is 1. The van der Waals surface area contributed by atoms with E-state index in [4.69, 9.17) is 0 Å². The van der Waals surface area contributed by atoms with Crippen LogP contribution in [-0.4, -0.2) is 21.7 Å². The van der Waals surface area contributed by atoms with Gasteiger partial charge in [0, 0.05) is 34.9 Å². The number of pyridine rings is 1. The summed E-state index contributed by atoms with van der Waals surface area (Å²) in [5.41, 5.74) is 7.36. The zero-order chi connectivity index (χ0) is 19.3. The molecule has 5 heteroatoms. The summed E-state index contributed by atoms with van der Waals surface area (Å²) in [7, 11) is 0. The van der Waals surface area contributed by atoms with E-state index in [9.17, 15) is 4.79 Å². The number of hydrogen-bond donors (Lipinski definition) is 1. The van der Waals surface area contributed by atoms with Gasteiger partial charge < -0.3 is 4.57 Å². The van der Waals surface area contributed by atoms with Crippen LogP contribution in [0.25, 0.3) is 10.9 Å². The number of amides is 1. The van der Waals surface area contributed by atoms with Gasteiger partial charge in [-0.15, -0.1) is 0 Å². The highest BCUT2D eigenvalue weighted by Gasteiger charge is 2.13. The lowest BCUT2D eigenvalue weighted by atomic mass is 10.1. The van der Waals surface area contributed by atoms with E-state index in [2.05, 4.69) is 51.3 Å². The number of fused-ring (bicyclic) bond motifs is 1. The van der Waals surface area contributed by atoms with Gasteiger partial charge in [-0.25, -0.2) is 5.43 Å². The van der Waals surface area contributed by atoms with Gasteiger partial charge in [0.15, 0.2) is 0 Å². The van der Waals surface area contributed by atoms with Crippen LogP contribution in [0.3, 0.4) is 0 Å². The molecule has 0 aliphatic rings. The van der Waals surface area contributed by atoms with E-state index in [0.717, 1.165) is 28.7 Å². The van der Waals surface area contributed by atoms with Crippen molar-refractivity contribution in [2.24, 2.45) is 5.10 Å². The Morgan fingerprint density at radius 3 is 2.57 bits per heavy atom. The van der Waals surface area contributed by atoms with E-state index in [-0.39, 0.29) is 5.91 Å². The molecule has 0 atom stereocenters. The van der Waals surface area contributed by atoms with Crippen LogP contribution in [0.2, 0.25) is 0 Å². The summed E-state index contributed by atoms with van der Waals surface area (Å²) in [4.78, 5) is 16.2. The first-order valence-electron chi connectivity index (χ1n) is 9.10. The molecule has 1 amide bonds. The number of aromatic nitrogens is 2. The molecule has 0 spiro atoms. The van der Waals surface area contributed by atoms with Crippen LogP contribution in [-0.2, 0) is 6.54 Å². The summed E-state index contributed by atoms with van der Waals surface area (Å²) in [5, 5.41) is 5.27. The Morgan fingerprint density at radius 1 is 1.04 bits per heavy atom. The third-order valence-corrected chi connectivity index (χ3v) is 4.72. The Kier molecular flexibility index (Phi) is 4.97. The lowest BCUT2D eigenvalue weighted by molar-refractivity contribution is 0.0950. The number of rotatable bonds is 5. The van der Waals surface area contributed by atoms with E-state index < -0.39 is 0 Å². The van der Waals surface area contributed by atoms with Gasteiger partial charge in [-0.05, 0) is 30.7 Å². The number of hydrogen-bond acceptors (Lipinski definition) is 3. The Morgan fingerprint density at radius 2 is 1.79 bits per heavy atom. The monoisotopic (exact) mass is 368 g/mol. The molecule has 0 aliphatic carbocycles. The maximum absolute atomic E-state index is 12.1. The number of hydrazone groups is 1. The first-order valence-corrected chi connectivity index (χ1v) is 9.10. The molecule has 0 fully saturated rings. The van der Waals surface area contributed by atoms with Crippen molar-refractivity contribution in [3.05, 3.63) is 102 Å². The smallest absolute Gasteiger partial charge is 0.289 e. The van der Waals surface area contributed by atoms with Crippen molar-refractivity contribution in [2.75, 3.05) is 0 Å². The zero-order valence-corrected chi connectivity index (χ0v) is 15.5. The molecule has 0 saturated carbocycles. The fourth-order valence-electron chi connectivity index (χ4n) is 3.30.